The van der Waals surface area contributed by atoms with Gasteiger partial charge in [-0.2, -0.15) is 0 Å². The van der Waals surface area contributed by atoms with Crippen molar-refractivity contribution in [2.45, 2.75) is 58.6 Å². The number of imidazole rings is 1. The van der Waals surface area contributed by atoms with Crippen molar-refractivity contribution in [1.82, 2.24) is 14.5 Å². The van der Waals surface area contributed by atoms with Crippen LogP contribution < -0.4 is 0 Å². The fourth-order valence-corrected chi connectivity index (χ4v) is 4.91. The van der Waals surface area contributed by atoms with Gasteiger partial charge in [-0.05, 0) is 18.4 Å². The molecule has 0 unspecified atom stereocenters. The molecule has 1 amide bonds. The number of rotatable bonds is 11. The zero-order valence-electron chi connectivity index (χ0n) is 19.5. The number of nitrogens with zero attached hydrogens (tertiary/aromatic N) is 3. The van der Waals surface area contributed by atoms with E-state index in [1.807, 2.05) is 45.0 Å². The van der Waals surface area contributed by atoms with Gasteiger partial charge < -0.3 is 14.2 Å². The highest BCUT2D eigenvalue weighted by Crippen LogP contribution is 2.20. The Hall–Kier alpha value is -2.19. The van der Waals surface area contributed by atoms with Crippen LogP contribution in [0.4, 0.5) is 0 Å². The van der Waals surface area contributed by atoms with E-state index in [1.54, 1.807) is 22.8 Å². The van der Waals surface area contributed by atoms with Crippen molar-refractivity contribution in [3.63, 3.8) is 0 Å². The van der Waals surface area contributed by atoms with Gasteiger partial charge in [0.05, 0.1) is 30.8 Å². The quantitative estimate of drug-likeness (QED) is 0.525. The molecule has 0 fully saturated rings. The third kappa shape index (κ3) is 6.90. The minimum atomic E-state index is -3.67. The van der Waals surface area contributed by atoms with Crippen molar-refractivity contribution in [3.8, 4) is 0 Å². The summed E-state index contributed by atoms with van der Waals surface area (Å²) in [5.74, 6) is 0.0658. The number of methoxy groups -OCH3 is 1. The van der Waals surface area contributed by atoms with Crippen LogP contribution in [0.5, 0.6) is 0 Å². The summed E-state index contributed by atoms with van der Waals surface area (Å²) in [5, 5.41) is 0.0154. The van der Waals surface area contributed by atoms with Crippen molar-refractivity contribution in [2.75, 3.05) is 20.3 Å². The first-order valence-electron chi connectivity index (χ1n) is 10.7. The van der Waals surface area contributed by atoms with E-state index in [0.29, 0.717) is 43.4 Å². The maximum Gasteiger partial charge on any atom is 0.228 e. The van der Waals surface area contributed by atoms with Gasteiger partial charge in [0.2, 0.25) is 20.9 Å². The molecule has 2 aromatic rings. The summed E-state index contributed by atoms with van der Waals surface area (Å²) in [7, 11) is -2.10. The van der Waals surface area contributed by atoms with Gasteiger partial charge in [0.1, 0.15) is 0 Å². The first kappa shape index (κ1) is 25.1. The number of aromatic nitrogens is 2. The molecule has 0 saturated heterocycles. The van der Waals surface area contributed by atoms with Gasteiger partial charge in [-0.3, -0.25) is 4.79 Å². The summed E-state index contributed by atoms with van der Waals surface area (Å²) in [6.45, 7) is 11.4. The molecule has 0 bridgehead atoms. The summed E-state index contributed by atoms with van der Waals surface area (Å²) >= 11 is 0. The second kappa shape index (κ2) is 10.9. The lowest BCUT2D eigenvalue weighted by Gasteiger charge is -2.27. The van der Waals surface area contributed by atoms with E-state index < -0.39 is 9.84 Å². The molecule has 1 aromatic carbocycles. The van der Waals surface area contributed by atoms with Crippen LogP contribution in [0.3, 0.4) is 0 Å². The average molecular weight is 450 g/mol. The molecule has 8 heteroatoms. The molecule has 2 rings (SSSR count). The molecule has 31 heavy (non-hydrogen) atoms. The normalized spacial score (nSPS) is 12.0. The van der Waals surface area contributed by atoms with E-state index in [9.17, 15) is 13.2 Å². The smallest absolute Gasteiger partial charge is 0.228 e. The van der Waals surface area contributed by atoms with Gasteiger partial charge >= 0.3 is 0 Å². The van der Waals surface area contributed by atoms with Crippen molar-refractivity contribution in [1.29, 1.82) is 0 Å². The number of aryl methyl sites for hydroxylation is 1. The highest BCUT2D eigenvalue weighted by molar-refractivity contribution is 7.90. The summed E-state index contributed by atoms with van der Waals surface area (Å²) in [6.07, 6.45) is 1.57. The van der Waals surface area contributed by atoms with Crippen LogP contribution in [0.15, 0.2) is 35.6 Å². The van der Waals surface area contributed by atoms with E-state index >= 15 is 0 Å². The van der Waals surface area contributed by atoms with Crippen LogP contribution in [0, 0.1) is 18.8 Å². The Morgan fingerprint density at radius 1 is 1.16 bits per heavy atom. The number of ether oxygens (including phenoxy) is 1. The minimum Gasteiger partial charge on any atom is -0.383 e. The third-order valence-corrected chi connectivity index (χ3v) is 6.52. The summed E-state index contributed by atoms with van der Waals surface area (Å²) < 4.78 is 33.2. The van der Waals surface area contributed by atoms with Crippen molar-refractivity contribution >= 4 is 15.7 Å². The van der Waals surface area contributed by atoms with Crippen LogP contribution in [-0.4, -0.2) is 49.0 Å². The van der Waals surface area contributed by atoms with E-state index in [4.69, 9.17) is 4.74 Å². The molecule has 0 aliphatic heterocycles. The van der Waals surface area contributed by atoms with Gasteiger partial charge in [-0.1, -0.05) is 57.5 Å². The molecular formula is C23H35N3O4S. The number of hydrogen-bond donors (Lipinski definition) is 0. The first-order valence-corrected chi connectivity index (χ1v) is 12.3. The lowest BCUT2D eigenvalue weighted by molar-refractivity contribution is -0.135. The fourth-order valence-electron chi connectivity index (χ4n) is 3.39. The largest absolute Gasteiger partial charge is 0.383 e. The average Bonchev–Trinajstić information content (AvgIpc) is 3.09. The second-order valence-corrected chi connectivity index (χ2v) is 10.6. The molecule has 0 atom stereocenters. The Kier molecular flexibility index (Phi) is 8.82. The lowest BCUT2D eigenvalue weighted by Crippen LogP contribution is -2.37. The zero-order chi connectivity index (χ0) is 23.2. The SMILES string of the molecule is COCCn1c(CN(CC(C)C)C(=O)C(C)C)cnc1S(=O)(=O)Cc1ccc(C)cc1. The van der Waals surface area contributed by atoms with E-state index in [-0.39, 0.29) is 22.7 Å². The van der Waals surface area contributed by atoms with Crippen LogP contribution in [0.25, 0.3) is 0 Å². The summed E-state index contributed by atoms with van der Waals surface area (Å²) in [6, 6.07) is 7.44. The molecule has 1 heterocycles. The van der Waals surface area contributed by atoms with Gasteiger partial charge in [-0.25, -0.2) is 13.4 Å². The number of carbonyl (C=O) groups is 1. The number of hydrogen-bond acceptors (Lipinski definition) is 5. The van der Waals surface area contributed by atoms with Crippen LogP contribution in [-0.2, 0) is 38.2 Å². The zero-order valence-corrected chi connectivity index (χ0v) is 20.3. The van der Waals surface area contributed by atoms with E-state index in [2.05, 4.69) is 18.8 Å². The Morgan fingerprint density at radius 2 is 1.81 bits per heavy atom. The number of benzene rings is 1. The maximum atomic E-state index is 13.2. The highest BCUT2D eigenvalue weighted by atomic mass is 32.2. The Morgan fingerprint density at radius 3 is 2.35 bits per heavy atom. The van der Waals surface area contributed by atoms with Gasteiger partial charge in [-0.15, -0.1) is 0 Å². The molecule has 1 aromatic heterocycles. The fraction of sp³-hybridized carbons (Fsp3) is 0.565. The van der Waals surface area contributed by atoms with Crippen molar-refractivity contribution in [2.24, 2.45) is 11.8 Å². The first-order chi connectivity index (χ1) is 14.5. The molecule has 0 N–H and O–H groups in total. The van der Waals surface area contributed by atoms with Gasteiger partial charge in [0, 0.05) is 26.1 Å². The van der Waals surface area contributed by atoms with E-state index in [0.717, 1.165) is 5.56 Å². The monoisotopic (exact) mass is 449 g/mol. The maximum absolute atomic E-state index is 13.2. The van der Waals surface area contributed by atoms with Crippen LogP contribution in [0.1, 0.15) is 44.5 Å². The molecule has 0 spiro atoms. The van der Waals surface area contributed by atoms with Gasteiger partial charge in [0.25, 0.3) is 0 Å². The highest BCUT2D eigenvalue weighted by Gasteiger charge is 2.26. The standard InChI is InChI=1S/C23H35N3O4S/c1-17(2)14-25(22(27)18(3)4)15-21-13-24-23(26(21)11-12-30-6)31(28,29)16-20-9-7-19(5)8-10-20/h7-10,13,17-18H,11-12,14-16H2,1-6H3. The molecule has 0 aliphatic rings. The second-order valence-electron chi connectivity index (χ2n) is 8.69. The topological polar surface area (TPSA) is 81.5 Å². The Labute approximate surface area is 186 Å². The van der Waals surface area contributed by atoms with Gasteiger partial charge in [0.15, 0.2) is 0 Å². The van der Waals surface area contributed by atoms with Crippen molar-refractivity contribution < 1.29 is 17.9 Å². The Balaban J connectivity index is 2.39. The molecule has 7 nitrogen and oxygen atoms in total. The third-order valence-electron chi connectivity index (χ3n) is 4.92. The summed E-state index contributed by atoms with van der Waals surface area (Å²) in [5.41, 5.74) is 2.48. The van der Waals surface area contributed by atoms with Crippen LogP contribution in [0.2, 0.25) is 0 Å². The number of carbonyl (C=O) groups excluding carboxylic acids is 1. The molecule has 0 aliphatic carbocycles. The lowest BCUT2D eigenvalue weighted by atomic mass is 10.1. The van der Waals surface area contributed by atoms with Crippen molar-refractivity contribution in [3.05, 3.63) is 47.3 Å². The number of amides is 1. The van der Waals surface area contributed by atoms with Crippen LogP contribution >= 0.6 is 0 Å². The minimum absolute atomic E-state index is 0.0154. The molecule has 0 saturated carbocycles. The predicted octanol–water partition coefficient (Wildman–Crippen LogP) is 3.45. The predicted molar refractivity (Wildman–Crippen MR) is 121 cm³/mol. The molecular weight excluding hydrogens is 414 g/mol. The van der Waals surface area contributed by atoms with E-state index in [1.165, 1.54) is 0 Å². The Bertz CT molecular complexity index is 963. The molecule has 172 valence electrons. The summed E-state index contributed by atoms with van der Waals surface area (Å²) in [4.78, 5) is 18.8. The molecule has 0 radical (unpaired) electrons. The number of sulfone groups is 1.